The second-order valence-electron chi connectivity index (χ2n) is 6.19. The van der Waals surface area contributed by atoms with Gasteiger partial charge in [-0.1, -0.05) is 55.8 Å². The number of aromatic nitrogens is 3. The SMILES string of the molecule is CCCc1c(CC)nnn1[C@H]1CCN(Cc2ccccc2)C1. The van der Waals surface area contributed by atoms with Gasteiger partial charge in [-0.2, -0.15) is 0 Å². The lowest BCUT2D eigenvalue weighted by Crippen LogP contribution is -2.22. The standard InChI is InChI=1S/C18H26N4/c1-3-8-18-17(4-2)19-20-22(18)16-11-12-21(14-16)13-15-9-6-5-7-10-15/h5-7,9-10,16H,3-4,8,11-14H2,1-2H3/t16-/m0/s1. The number of rotatable bonds is 6. The monoisotopic (exact) mass is 298 g/mol. The molecule has 0 aliphatic carbocycles. The van der Waals surface area contributed by atoms with Crippen LogP contribution in [0.4, 0.5) is 0 Å². The summed E-state index contributed by atoms with van der Waals surface area (Å²) >= 11 is 0. The first kappa shape index (κ1) is 15.2. The molecule has 2 aromatic rings. The third kappa shape index (κ3) is 3.22. The third-order valence-electron chi connectivity index (χ3n) is 4.54. The molecule has 1 fully saturated rings. The predicted molar refractivity (Wildman–Crippen MR) is 88.8 cm³/mol. The van der Waals surface area contributed by atoms with Crippen molar-refractivity contribution in [2.75, 3.05) is 13.1 Å². The van der Waals surface area contributed by atoms with Gasteiger partial charge < -0.3 is 0 Å². The molecule has 0 radical (unpaired) electrons. The highest BCUT2D eigenvalue weighted by atomic mass is 15.5. The van der Waals surface area contributed by atoms with Gasteiger partial charge in [0, 0.05) is 19.6 Å². The molecule has 1 aliphatic heterocycles. The smallest absolute Gasteiger partial charge is 0.0856 e. The molecule has 1 aromatic heterocycles. The largest absolute Gasteiger partial charge is 0.297 e. The van der Waals surface area contributed by atoms with Crippen LogP contribution in [0.3, 0.4) is 0 Å². The summed E-state index contributed by atoms with van der Waals surface area (Å²) in [5.41, 5.74) is 3.93. The van der Waals surface area contributed by atoms with Crippen molar-refractivity contribution in [1.82, 2.24) is 19.9 Å². The Morgan fingerprint density at radius 2 is 2.00 bits per heavy atom. The first-order valence-electron chi connectivity index (χ1n) is 8.51. The number of benzene rings is 1. The van der Waals surface area contributed by atoms with Crippen molar-refractivity contribution in [3.05, 3.63) is 47.3 Å². The molecule has 1 saturated heterocycles. The van der Waals surface area contributed by atoms with E-state index in [4.69, 9.17) is 0 Å². The average molecular weight is 298 g/mol. The lowest BCUT2D eigenvalue weighted by Gasteiger charge is -2.17. The van der Waals surface area contributed by atoms with Crippen molar-refractivity contribution in [1.29, 1.82) is 0 Å². The fourth-order valence-electron chi connectivity index (χ4n) is 3.41. The van der Waals surface area contributed by atoms with E-state index in [9.17, 15) is 0 Å². The lowest BCUT2D eigenvalue weighted by molar-refractivity contribution is 0.309. The van der Waals surface area contributed by atoms with Gasteiger partial charge in [-0.3, -0.25) is 4.90 Å². The predicted octanol–water partition coefficient (Wildman–Crippen LogP) is 3.24. The van der Waals surface area contributed by atoms with E-state index in [1.54, 1.807) is 0 Å². The number of nitrogens with zero attached hydrogens (tertiary/aromatic N) is 4. The maximum absolute atomic E-state index is 4.47. The third-order valence-corrected chi connectivity index (χ3v) is 4.54. The van der Waals surface area contributed by atoms with Crippen LogP contribution in [0.5, 0.6) is 0 Å². The maximum atomic E-state index is 4.47. The highest BCUT2D eigenvalue weighted by Gasteiger charge is 2.27. The molecule has 1 aromatic carbocycles. The number of hydrogen-bond acceptors (Lipinski definition) is 3. The van der Waals surface area contributed by atoms with Gasteiger partial charge in [0.05, 0.1) is 17.4 Å². The summed E-state index contributed by atoms with van der Waals surface area (Å²) in [5, 5.41) is 8.87. The highest BCUT2D eigenvalue weighted by molar-refractivity contribution is 5.15. The first-order valence-corrected chi connectivity index (χ1v) is 8.51. The van der Waals surface area contributed by atoms with Crippen LogP contribution in [0.25, 0.3) is 0 Å². The summed E-state index contributed by atoms with van der Waals surface area (Å²) in [6.07, 6.45) is 4.40. The summed E-state index contributed by atoms with van der Waals surface area (Å²) < 4.78 is 2.22. The van der Waals surface area contributed by atoms with Gasteiger partial charge in [0.1, 0.15) is 0 Å². The van der Waals surface area contributed by atoms with Crippen molar-refractivity contribution >= 4 is 0 Å². The van der Waals surface area contributed by atoms with Crippen LogP contribution in [0.2, 0.25) is 0 Å². The second-order valence-corrected chi connectivity index (χ2v) is 6.19. The van der Waals surface area contributed by atoms with E-state index in [2.05, 4.69) is 64.1 Å². The van der Waals surface area contributed by atoms with Crippen LogP contribution < -0.4 is 0 Å². The molecule has 0 spiro atoms. The van der Waals surface area contributed by atoms with Crippen LogP contribution in [-0.2, 0) is 19.4 Å². The fraction of sp³-hybridized carbons (Fsp3) is 0.556. The Morgan fingerprint density at radius 1 is 1.18 bits per heavy atom. The maximum Gasteiger partial charge on any atom is 0.0856 e. The van der Waals surface area contributed by atoms with Crippen molar-refractivity contribution < 1.29 is 0 Å². The zero-order chi connectivity index (χ0) is 15.4. The van der Waals surface area contributed by atoms with E-state index in [0.29, 0.717) is 6.04 Å². The Bertz CT molecular complexity index is 590. The van der Waals surface area contributed by atoms with Gasteiger partial charge >= 0.3 is 0 Å². The highest BCUT2D eigenvalue weighted by Crippen LogP contribution is 2.25. The van der Waals surface area contributed by atoms with Crippen molar-refractivity contribution in [3.63, 3.8) is 0 Å². The van der Waals surface area contributed by atoms with Gasteiger partial charge in [0.25, 0.3) is 0 Å². The Hall–Kier alpha value is -1.68. The normalized spacial score (nSPS) is 18.9. The minimum Gasteiger partial charge on any atom is -0.297 e. The van der Waals surface area contributed by atoms with E-state index in [1.807, 2.05) is 0 Å². The summed E-state index contributed by atoms with van der Waals surface area (Å²) in [6, 6.07) is 11.2. The van der Waals surface area contributed by atoms with Gasteiger partial charge in [-0.15, -0.1) is 5.10 Å². The second kappa shape index (κ2) is 7.05. The summed E-state index contributed by atoms with van der Waals surface area (Å²) in [4.78, 5) is 2.53. The number of hydrogen-bond donors (Lipinski definition) is 0. The lowest BCUT2D eigenvalue weighted by atomic mass is 10.1. The molecular weight excluding hydrogens is 272 g/mol. The van der Waals surface area contributed by atoms with E-state index >= 15 is 0 Å². The number of likely N-dealkylation sites (tertiary alicyclic amines) is 1. The molecule has 1 aliphatic rings. The van der Waals surface area contributed by atoms with Crippen LogP contribution in [-0.4, -0.2) is 33.0 Å². The molecular formula is C18H26N4. The molecule has 22 heavy (non-hydrogen) atoms. The molecule has 3 rings (SSSR count). The van der Waals surface area contributed by atoms with Gasteiger partial charge in [-0.25, -0.2) is 4.68 Å². The molecule has 4 heteroatoms. The van der Waals surface area contributed by atoms with Gasteiger partial charge in [0.2, 0.25) is 0 Å². The van der Waals surface area contributed by atoms with Crippen molar-refractivity contribution in [3.8, 4) is 0 Å². The molecule has 0 N–H and O–H groups in total. The van der Waals surface area contributed by atoms with Gasteiger partial charge in [-0.05, 0) is 24.8 Å². The number of aryl methyl sites for hydroxylation is 1. The zero-order valence-electron chi connectivity index (χ0n) is 13.7. The van der Waals surface area contributed by atoms with Crippen LogP contribution >= 0.6 is 0 Å². The molecule has 2 heterocycles. The first-order chi connectivity index (χ1) is 10.8. The molecule has 0 amide bonds. The average Bonchev–Trinajstić information content (AvgIpc) is 3.15. The molecule has 1 atom stereocenters. The Balaban J connectivity index is 1.69. The van der Waals surface area contributed by atoms with E-state index < -0.39 is 0 Å². The molecule has 0 bridgehead atoms. The van der Waals surface area contributed by atoms with E-state index in [-0.39, 0.29) is 0 Å². The van der Waals surface area contributed by atoms with Crippen molar-refractivity contribution in [2.24, 2.45) is 0 Å². The Labute approximate surface area is 133 Å². The van der Waals surface area contributed by atoms with Crippen LogP contribution in [0.15, 0.2) is 30.3 Å². The Kier molecular flexibility index (Phi) is 4.88. The summed E-state index contributed by atoms with van der Waals surface area (Å²) in [5.74, 6) is 0. The fourth-order valence-corrected chi connectivity index (χ4v) is 3.41. The summed E-state index contributed by atoms with van der Waals surface area (Å²) in [6.45, 7) is 7.66. The quantitative estimate of drug-likeness (QED) is 0.821. The van der Waals surface area contributed by atoms with Crippen LogP contribution in [0, 0.1) is 0 Å². The van der Waals surface area contributed by atoms with Gasteiger partial charge in [0.15, 0.2) is 0 Å². The summed E-state index contributed by atoms with van der Waals surface area (Å²) in [7, 11) is 0. The minimum atomic E-state index is 0.484. The Morgan fingerprint density at radius 3 is 2.73 bits per heavy atom. The molecule has 0 unspecified atom stereocenters. The van der Waals surface area contributed by atoms with Crippen LogP contribution in [0.1, 0.15) is 49.7 Å². The van der Waals surface area contributed by atoms with Crippen molar-refractivity contribution in [2.45, 2.75) is 52.1 Å². The topological polar surface area (TPSA) is 34.0 Å². The molecule has 4 nitrogen and oxygen atoms in total. The van der Waals surface area contributed by atoms with E-state index in [0.717, 1.165) is 38.9 Å². The molecule has 0 saturated carbocycles. The minimum absolute atomic E-state index is 0.484. The molecule has 118 valence electrons. The van der Waals surface area contributed by atoms with E-state index in [1.165, 1.54) is 23.4 Å². The zero-order valence-corrected chi connectivity index (χ0v) is 13.7.